The minimum atomic E-state index is -1.72. The molecule has 2 aromatic carbocycles. The maximum Gasteiger partial charge on any atom is 0.373 e. The molecule has 0 amide bonds. The van der Waals surface area contributed by atoms with Crippen LogP contribution in [0.3, 0.4) is 0 Å². The average Bonchev–Trinajstić information content (AvgIpc) is 2.78. The predicted molar refractivity (Wildman–Crippen MR) is 114 cm³/mol. The fraction of sp³-hybridized carbons (Fsp3) is 0.130. The van der Waals surface area contributed by atoms with Crippen LogP contribution in [-0.2, 0) is 33.4 Å². The van der Waals surface area contributed by atoms with E-state index in [-0.39, 0.29) is 23.4 Å². The Bertz CT molecular complexity index is 1130. The van der Waals surface area contributed by atoms with Gasteiger partial charge in [0.2, 0.25) is 6.10 Å². The molecule has 0 heterocycles. The van der Waals surface area contributed by atoms with Gasteiger partial charge in [-0.3, -0.25) is 0 Å². The molecule has 1 atom stereocenters. The topological polar surface area (TPSA) is 185 Å². The molecule has 0 aliphatic carbocycles. The third-order valence-electron chi connectivity index (χ3n) is 3.95. The molecular formula is C23H20O11. The van der Waals surface area contributed by atoms with Gasteiger partial charge in [0.25, 0.3) is 0 Å². The molecule has 4 N–H and O–H groups in total. The number of carbonyl (C=O) groups excluding carboxylic acids is 4. The highest BCUT2D eigenvalue weighted by atomic mass is 16.6. The van der Waals surface area contributed by atoms with Crippen LogP contribution < -0.4 is 0 Å². The molecule has 2 aromatic rings. The van der Waals surface area contributed by atoms with Crippen LogP contribution in [0, 0.1) is 6.92 Å². The summed E-state index contributed by atoms with van der Waals surface area (Å²) in [5, 5.41) is 37.3. The number of aryl methyl sites for hydroxylation is 1. The predicted octanol–water partition coefficient (Wildman–Crippen LogP) is 1.79. The van der Waals surface area contributed by atoms with Crippen LogP contribution in [0.4, 0.5) is 0 Å². The standard InChI is InChI=1S/C22H20O9.CO2/c1-13-10-14(2-6-16(13)23)4-8-20(26)30-12-19(22(28)29)31-21(27)9-5-15-3-7-17(24)18(25)11-15;2-1-3/h2-11,19,23-25H,12H2,1H3,(H,28,29);/b8-4+,9-5+;/t19-;/m0./s1. The number of aromatic hydroxyl groups is 3. The molecule has 11 heteroatoms. The van der Waals surface area contributed by atoms with E-state index < -0.39 is 30.6 Å². The molecule has 0 unspecified atom stereocenters. The van der Waals surface area contributed by atoms with Gasteiger partial charge in [0.15, 0.2) is 11.5 Å². The maximum absolute atomic E-state index is 11.8. The van der Waals surface area contributed by atoms with Gasteiger partial charge in [-0.2, -0.15) is 9.59 Å². The van der Waals surface area contributed by atoms with Gasteiger partial charge >= 0.3 is 24.1 Å². The largest absolute Gasteiger partial charge is 0.508 e. The number of rotatable bonds is 8. The Balaban J connectivity index is 0.00000182. The highest BCUT2D eigenvalue weighted by molar-refractivity contribution is 5.90. The van der Waals surface area contributed by atoms with Crippen molar-refractivity contribution < 1.29 is 53.9 Å². The molecule has 0 saturated heterocycles. The van der Waals surface area contributed by atoms with Crippen molar-refractivity contribution in [2.75, 3.05) is 6.61 Å². The highest BCUT2D eigenvalue weighted by Crippen LogP contribution is 2.25. The lowest BCUT2D eigenvalue weighted by Crippen LogP contribution is -2.32. The fourth-order valence-corrected chi connectivity index (χ4v) is 2.30. The molecule has 34 heavy (non-hydrogen) atoms. The van der Waals surface area contributed by atoms with Crippen molar-refractivity contribution >= 4 is 36.2 Å². The third-order valence-corrected chi connectivity index (χ3v) is 3.95. The first-order valence-electron chi connectivity index (χ1n) is 9.34. The minimum Gasteiger partial charge on any atom is -0.508 e. The van der Waals surface area contributed by atoms with Crippen molar-refractivity contribution in [2.24, 2.45) is 0 Å². The van der Waals surface area contributed by atoms with Gasteiger partial charge in [-0.05, 0) is 60.0 Å². The van der Waals surface area contributed by atoms with Gasteiger partial charge in [0, 0.05) is 12.2 Å². The summed E-state index contributed by atoms with van der Waals surface area (Å²) in [7, 11) is 0. The third kappa shape index (κ3) is 9.50. The normalized spacial score (nSPS) is 11.2. The summed E-state index contributed by atoms with van der Waals surface area (Å²) >= 11 is 0. The number of ether oxygens (including phenoxy) is 2. The lowest BCUT2D eigenvalue weighted by molar-refractivity contribution is -0.191. The molecule has 0 bridgehead atoms. The van der Waals surface area contributed by atoms with Crippen molar-refractivity contribution in [1.29, 1.82) is 0 Å². The number of phenolic OH excluding ortho intramolecular Hbond substituents is 3. The zero-order valence-corrected chi connectivity index (χ0v) is 17.7. The number of hydrogen-bond acceptors (Lipinski definition) is 10. The van der Waals surface area contributed by atoms with E-state index in [0.717, 1.165) is 12.2 Å². The number of carbonyl (C=O) groups is 3. The van der Waals surface area contributed by atoms with E-state index in [0.29, 0.717) is 16.7 Å². The van der Waals surface area contributed by atoms with Crippen molar-refractivity contribution in [3.05, 3.63) is 65.2 Å². The number of carboxylic acids is 1. The van der Waals surface area contributed by atoms with Crippen LogP contribution in [-0.4, -0.2) is 57.2 Å². The monoisotopic (exact) mass is 472 g/mol. The van der Waals surface area contributed by atoms with Crippen LogP contribution in [0.5, 0.6) is 17.2 Å². The Morgan fingerprint density at radius 1 is 0.882 bits per heavy atom. The van der Waals surface area contributed by atoms with Crippen LogP contribution in [0.15, 0.2) is 48.6 Å². The molecule has 11 nitrogen and oxygen atoms in total. The lowest BCUT2D eigenvalue weighted by atomic mass is 10.1. The van der Waals surface area contributed by atoms with Crippen molar-refractivity contribution in [1.82, 2.24) is 0 Å². The first-order valence-corrected chi connectivity index (χ1v) is 9.34. The van der Waals surface area contributed by atoms with E-state index in [2.05, 4.69) is 0 Å². The Kier molecular flexibility index (Phi) is 10.8. The Morgan fingerprint density at radius 2 is 1.41 bits per heavy atom. The summed E-state index contributed by atoms with van der Waals surface area (Å²) in [5.41, 5.74) is 1.60. The van der Waals surface area contributed by atoms with Crippen LogP contribution in [0.2, 0.25) is 0 Å². The molecule has 0 fully saturated rings. The Labute approximate surface area is 192 Å². The highest BCUT2D eigenvalue weighted by Gasteiger charge is 2.23. The molecule has 0 saturated carbocycles. The molecule has 0 radical (unpaired) electrons. The molecular weight excluding hydrogens is 452 g/mol. The van der Waals surface area contributed by atoms with Crippen molar-refractivity contribution in [3.8, 4) is 17.2 Å². The second-order valence-electron chi connectivity index (χ2n) is 6.44. The smallest absolute Gasteiger partial charge is 0.373 e. The van der Waals surface area contributed by atoms with Gasteiger partial charge in [-0.1, -0.05) is 12.1 Å². The van der Waals surface area contributed by atoms with Gasteiger partial charge in [0.1, 0.15) is 12.4 Å². The van der Waals surface area contributed by atoms with Crippen LogP contribution in [0.1, 0.15) is 16.7 Å². The summed E-state index contributed by atoms with van der Waals surface area (Å²) in [6.07, 6.45) is 3.19. The number of esters is 2. The zero-order valence-electron chi connectivity index (χ0n) is 17.7. The molecule has 178 valence electrons. The fourth-order valence-electron chi connectivity index (χ4n) is 2.30. The summed E-state index contributed by atoms with van der Waals surface area (Å²) < 4.78 is 9.58. The van der Waals surface area contributed by atoms with Gasteiger partial charge in [-0.25, -0.2) is 14.4 Å². The minimum absolute atomic E-state index is 0.113. The van der Waals surface area contributed by atoms with E-state index in [1.165, 1.54) is 36.4 Å². The first-order chi connectivity index (χ1) is 16.1. The van der Waals surface area contributed by atoms with E-state index in [1.807, 2.05) is 0 Å². The summed E-state index contributed by atoms with van der Waals surface area (Å²) in [6, 6.07) is 8.50. The van der Waals surface area contributed by atoms with Gasteiger partial charge in [-0.15, -0.1) is 0 Å². The molecule has 0 spiro atoms. The zero-order chi connectivity index (χ0) is 25.7. The SMILES string of the molecule is Cc1cc(/C=C/C(=O)OC[C@H](OC(=O)/C=C/c2ccc(O)c(O)c2)C(=O)O)ccc1O.O=C=O. The molecule has 0 aliphatic rings. The van der Waals surface area contributed by atoms with E-state index in [1.54, 1.807) is 19.1 Å². The Morgan fingerprint density at radius 3 is 1.94 bits per heavy atom. The Hall–Kier alpha value is -4.89. The number of carboxylic acid groups (broad SMARTS) is 1. The number of benzene rings is 2. The van der Waals surface area contributed by atoms with Crippen LogP contribution >= 0.6 is 0 Å². The number of hydrogen-bond donors (Lipinski definition) is 4. The molecule has 2 rings (SSSR count). The average molecular weight is 472 g/mol. The summed E-state index contributed by atoms with van der Waals surface area (Å²) in [4.78, 5) is 51.1. The molecule has 0 aromatic heterocycles. The quantitative estimate of drug-likeness (QED) is 0.249. The van der Waals surface area contributed by atoms with Gasteiger partial charge in [0.05, 0.1) is 0 Å². The van der Waals surface area contributed by atoms with Crippen LogP contribution in [0.25, 0.3) is 12.2 Å². The number of phenols is 3. The van der Waals surface area contributed by atoms with E-state index in [4.69, 9.17) is 24.2 Å². The summed E-state index contributed by atoms with van der Waals surface area (Å²) in [6.45, 7) is 0.988. The van der Waals surface area contributed by atoms with Crippen molar-refractivity contribution in [3.63, 3.8) is 0 Å². The van der Waals surface area contributed by atoms with Gasteiger partial charge < -0.3 is 29.9 Å². The van der Waals surface area contributed by atoms with Crippen molar-refractivity contribution in [2.45, 2.75) is 13.0 Å². The second-order valence-corrected chi connectivity index (χ2v) is 6.44. The van der Waals surface area contributed by atoms with E-state index >= 15 is 0 Å². The second kappa shape index (κ2) is 13.5. The first kappa shape index (κ1) is 27.1. The lowest BCUT2D eigenvalue weighted by Gasteiger charge is -2.12. The summed E-state index contributed by atoms with van der Waals surface area (Å²) in [5.74, 6) is -3.96. The maximum atomic E-state index is 11.8. The van der Waals surface area contributed by atoms with E-state index in [9.17, 15) is 29.7 Å². The molecule has 0 aliphatic heterocycles. The number of aliphatic carboxylic acids is 1.